The van der Waals surface area contributed by atoms with E-state index in [2.05, 4.69) is 32.6 Å². The van der Waals surface area contributed by atoms with Crippen LogP contribution in [-0.4, -0.2) is 45.0 Å². The van der Waals surface area contributed by atoms with Crippen molar-refractivity contribution in [1.82, 2.24) is 25.1 Å². The van der Waals surface area contributed by atoms with E-state index in [1.807, 2.05) is 6.26 Å². The summed E-state index contributed by atoms with van der Waals surface area (Å²) in [7, 11) is 0. The van der Waals surface area contributed by atoms with Crippen molar-refractivity contribution < 1.29 is 18.0 Å². The van der Waals surface area contributed by atoms with Gasteiger partial charge in [0.25, 0.3) is 5.91 Å². The van der Waals surface area contributed by atoms with E-state index in [9.17, 15) is 18.0 Å². The summed E-state index contributed by atoms with van der Waals surface area (Å²) < 4.78 is 40.1. The number of thioether (sulfide) groups is 1. The fourth-order valence-electron chi connectivity index (χ4n) is 2.78. The van der Waals surface area contributed by atoms with Crippen LogP contribution in [0, 0.1) is 0 Å². The molecule has 3 aromatic rings. The van der Waals surface area contributed by atoms with Crippen LogP contribution in [0.1, 0.15) is 29.3 Å². The molecule has 0 aliphatic carbocycles. The standard InChI is InChI=1S/C19H21F3N6OS/c1-3-7-23-15-14-11-25-28(16(14)27-18(26-15)30-2)9-8-24-17(29)12-5-4-6-13(10-12)19(20,21)22/h4-6,10-11H,3,7-9H2,1-2H3,(H,24,29)(H,23,26,27). The largest absolute Gasteiger partial charge is 0.416 e. The van der Waals surface area contributed by atoms with Crippen LogP contribution < -0.4 is 10.6 Å². The van der Waals surface area contributed by atoms with E-state index in [4.69, 9.17) is 0 Å². The van der Waals surface area contributed by atoms with Crippen LogP contribution in [0.15, 0.2) is 35.6 Å². The molecule has 2 heterocycles. The maximum atomic E-state index is 12.8. The van der Waals surface area contributed by atoms with Crippen LogP contribution in [-0.2, 0) is 12.7 Å². The first-order chi connectivity index (χ1) is 14.3. The third-order valence-electron chi connectivity index (χ3n) is 4.26. The minimum Gasteiger partial charge on any atom is -0.369 e. The maximum absolute atomic E-state index is 12.8. The first-order valence-electron chi connectivity index (χ1n) is 9.30. The van der Waals surface area contributed by atoms with Crippen molar-refractivity contribution in [1.29, 1.82) is 0 Å². The molecule has 0 saturated carbocycles. The molecule has 11 heteroatoms. The highest BCUT2D eigenvalue weighted by molar-refractivity contribution is 7.98. The number of carbonyl (C=O) groups excluding carboxylic acids is 1. The molecular weight excluding hydrogens is 417 g/mol. The predicted octanol–water partition coefficient (Wildman–Crippen LogP) is 3.82. The Kier molecular flexibility index (Phi) is 6.80. The number of halogens is 3. The first-order valence-corrected chi connectivity index (χ1v) is 10.5. The predicted molar refractivity (Wildman–Crippen MR) is 110 cm³/mol. The highest BCUT2D eigenvalue weighted by Crippen LogP contribution is 2.29. The van der Waals surface area contributed by atoms with Crippen LogP contribution in [0.3, 0.4) is 0 Å². The van der Waals surface area contributed by atoms with E-state index >= 15 is 0 Å². The Hall–Kier alpha value is -2.82. The van der Waals surface area contributed by atoms with Crippen LogP contribution in [0.4, 0.5) is 19.0 Å². The van der Waals surface area contributed by atoms with Crippen molar-refractivity contribution in [3.05, 3.63) is 41.6 Å². The average Bonchev–Trinajstić information content (AvgIpc) is 3.14. The number of nitrogens with one attached hydrogen (secondary N) is 2. The van der Waals surface area contributed by atoms with Crippen molar-refractivity contribution in [2.45, 2.75) is 31.2 Å². The number of anilines is 1. The van der Waals surface area contributed by atoms with Gasteiger partial charge in [-0.3, -0.25) is 4.79 Å². The Morgan fingerprint density at radius 3 is 2.73 bits per heavy atom. The summed E-state index contributed by atoms with van der Waals surface area (Å²) in [4.78, 5) is 21.2. The van der Waals surface area contributed by atoms with Gasteiger partial charge in [-0.05, 0) is 30.9 Å². The van der Waals surface area contributed by atoms with Crippen LogP contribution in [0.25, 0.3) is 11.0 Å². The van der Waals surface area contributed by atoms with Gasteiger partial charge in [0.1, 0.15) is 5.82 Å². The second kappa shape index (κ2) is 9.33. The number of carbonyl (C=O) groups is 1. The Morgan fingerprint density at radius 2 is 2.03 bits per heavy atom. The number of aromatic nitrogens is 4. The second-order valence-corrected chi connectivity index (χ2v) is 7.20. The normalized spacial score (nSPS) is 11.6. The zero-order valence-corrected chi connectivity index (χ0v) is 17.3. The molecule has 3 rings (SSSR count). The van der Waals surface area contributed by atoms with Gasteiger partial charge in [-0.15, -0.1) is 0 Å². The Bertz CT molecular complexity index is 1040. The summed E-state index contributed by atoms with van der Waals surface area (Å²) >= 11 is 1.41. The maximum Gasteiger partial charge on any atom is 0.416 e. The number of nitrogens with zero attached hydrogens (tertiary/aromatic N) is 4. The molecule has 0 spiro atoms. The lowest BCUT2D eigenvalue weighted by Crippen LogP contribution is -2.27. The molecule has 1 aromatic carbocycles. The lowest BCUT2D eigenvalue weighted by Gasteiger charge is -2.10. The van der Waals surface area contributed by atoms with E-state index in [0.29, 0.717) is 23.2 Å². The van der Waals surface area contributed by atoms with Gasteiger partial charge >= 0.3 is 6.18 Å². The fraction of sp³-hybridized carbons (Fsp3) is 0.368. The summed E-state index contributed by atoms with van der Waals surface area (Å²) in [5, 5.41) is 11.6. The molecule has 0 unspecified atom stereocenters. The Labute approximate surface area is 175 Å². The lowest BCUT2D eigenvalue weighted by molar-refractivity contribution is -0.137. The zero-order valence-electron chi connectivity index (χ0n) is 16.5. The quantitative estimate of drug-likeness (QED) is 0.411. The first kappa shape index (κ1) is 21.9. The Balaban J connectivity index is 1.71. The Morgan fingerprint density at radius 1 is 1.23 bits per heavy atom. The summed E-state index contributed by atoms with van der Waals surface area (Å²) in [6.07, 6.45) is -0.0227. The number of amides is 1. The lowest BCUT2D eigenvalue weighted by atomic mass is 10.1. The number of hydrogen-bond donors (Lipinski definition) is 2. The highest BCUT2D eigenvalue weighted by Gasteiger charge is 2.30. The third-order valence-corrected chi connectivity index (χ3v) is 4.81. The van der Waals surface area contributed by atoms with Gasteiger partial charge in [0.15, 0.2) is 10.8 Å². The molecule has 7 nitrogen and oxygen atoms in total. The molecule has 1 amide bonds. The van der Waals surface area contributed by atoms with Crippen molar-refractivity contribution in [3.8, 4) is 0 Å². The molecule has 0 fully saturated rings. The fourth-order valence-corrected chi connectivity index (χ4v) is 3.14. The van der Waals surface area contributed by atoms with Crippen molar-refractivity contribution >= 4 is 34.5 Å². The van der Waals surface area contributed by atoms with Crippen molar-refractivity contribution in [2.75, 3.05) is 24.7 Å². The molecule has 0 aliphatic rings. The van der Waals surface area contributed by atoms with E-state index in [0.717, 1.165) is 30.5 Å². The van der Waals surface area contributed by atoms with Crippen LogP contribution in [0.2, 0.25) is 0 Å². The van der Waals surface area contributed by atoms with E-state index < -0.39 is 17.6 Å². The summed E-state index contributed by atoms with van der Waals surface area (Å²) in [6.45, 7) is 3.31. The van der Waals surface area contributed by atoms with Crippen molar-refractivity contribution in [2.24, 2.45) is 0 Å². The van der Waals surface area contributed by atoms with Crippen LogP contribution in [0.5, 0.6) is 0 Å². The minimum atomic E-state index is -4.50. The average molecular weight is 438 g/mol. The molecule has 0 saturated heterocycles. The minimum absolute atomic E-state index is 0.0480. The van der Waals surface area contributed by atoms with E-state index in [1.54, 1.807) is 10.9 Å². The molecule has 160 valence electrons. The number of fused-ring (bicyclic) bond motifs is 1. The van der Waals surface area contributed by atoms with Gasteiger partial charge < -0.3 is 10.6 Å². The third kappa shape index (κ3) is 5.02. The SMILES string of the molecule is CCCNc1nc(SC)nc2c1cnn2CCNC(=O)c1cccc(C(F)(F)F)c1. The molecule has 0 bridgehead atoms. The van der Waals surface area contributed by atoms with Gasteiger partial charge in [-0.1, -0.05) is 24.8 Å². The molecule has 0 atom stereocenters. The molecule has 2 N–H and O–H groups in total. The zero-order chi connectivity index (χ0) is 21.7. The van der Waals surface area contributed by atoms with Gasteiger partial charge in [0, 0.05) is 18.7 Å². The van der Waals surface area contributed by atoms with Crippen LogP contribution >= 0.6 is 11.8 Å². The van der Waals surface area contributed by atoms with E-state index in [1.165, 1.54) is 23.9 Å². The summed E-state index contributed by atoms with van der Waals surface area (Å²) in [5.74, 6) is 0.118. The number of hydrogen-bond acceptors (Lipinski definition) is 6. The number of rotatable bonds is 8. The van der Waals surface area contributed by atoms with Crippen molar-refractivity contribution in [3.63, 3.8) is 0 Å². The molecule has 2 aromatic heterocycles. The summed E-state index contributed by atoms with van der Waals surface area (Å²) in [6, 6.07) is 4.32. The summed E-state index contributed by atoms with van der Waals surface area (Å²) in [5.41, 5.74) is -0.281. The van der Waals surface area contributed by atoms with Gasteiger partial charge in [0.05, 0.1) is 23.7 Å². The van der Waals surface area contributed by atoms with Gasteiger partial charge in [-0.25, -0.2) is 14.6 Å². The monoisotopic (exact) mass is 438 g/mol. The highest BCUT2D eigenvalue weighted by atomic mass is 32.2. The number of alkyl halides is 3. The molecule has 0 radical (unpaired) electrons. The topological polar surface area (TPSA) is 84.7 Å². The molecule has 30 heavy (non-hydrogen) atoms. The smallest absolute Gasteiger partial charge is 0.369 e. The molecular formula is C19H21F3N6OS. The second-order valence-electron chi connectivity index (χ2n) is 6.43. The molecule has 0 aliphatic heterocycles. The number of benzene rings is 1. The van der Waals surface area contributed by atoms with Gasteiger partial charge in [-0.2, -0.15) is 18.3 Å². The van der Waals surface area contributed by atoms with Gasteiger partial charge in [0.2, 0.25) is 0 Å². The van der Waals surface area contributed by atoms with E-state index in [-0.39, 0.29) is 12.1 Å².